The summed E-state index contributed by atoms with van der Waals surface area (Å²) in [6, 6.07) is 7.77. The third-order valence-electron chi connectivity index (χ3n) is 3.74. The molecule has 1 aliphatic carbocycles. The van der Waals surface area contributed by atoms with E-state index in [9.17, 15) is 13.2 Å². The van der Waals surface area contributed by atoms with Gasteiger partial charge in [0.1, 0.15) is 0 Å². The number of carbonyl (C=O) groups excluding carboxylic acids is 1. The fraction of sp³-hybridized carbons (Fsp3) is 0.471. The maximum Gasteiger partial charge on any atom is 0.313 e. The normalized spacial score (nSPS) is 21.6. The van der Waals surface area contributed by atoms with E-state index in [1.165, 1.54) is 0 Å². The fourth-order valence-corrected chi connectivity index (χ4v) is 3.32. The lowest BCUT2D eigenvalue weighted by atomic mass is 9.82. The van der Waals surface area contributed by atoms with Crippen LogP contribution in [0.4, 0.5) is 0 Å². The van der Waals surface area contributed by atoms with Crippen molar-refractivity contribution in [2.24, 2.45) is 5.92 Å². The molecule has 0 aromatic heterocycles. The maximum atomic E-state index is 12.2. The van der Waals surface area contributed by atoms with Gasteiger partial charge in [-0.1, -0.05) is 29.8 Å². The molecule has 0 radical (unpaired) electrons. The fourth-order valence-electron chi connectivity index (χ4n) is 2.72. The average molecular weight is 338 g/mol. The molecule has 126 valence electrons. The molecule has 0 heterocycles. The second-order valence-electron chi connectivity index (χ2n) is 5.71. The quantitative estimate of drug-likeness (QED) is 0.610. The highest BCUT2D eigenvalue weighted by molar-refractivity contribution is 7.86. The van der Waals surface area contributed by atoms with Crippen molar-refractivity contribution in [2.75, 3.05) is 12.9 Å². The standard InChI is InChI=1S/C17H22O5S/c1-4-21-17(18)15-10-9-14(22-23(3,19)20)11-16(15)13-7-5-12(2)6-8-13/h5-8,11,14-15H,4,9-10H2,1-3H3. The number of carbonyl (C=O) groups is 1. The molecule has 0 N–H and O–H groups in total. The van der Waals surface area contributed by atoms with Gasteiger partial charge in [-0.2, -0.15) is 8.42 Å². The van der Waals surface area contributed by atoms with Crippen molar-refractivity contribution in [3.8, 4) is 0 Å². The van der Waals surface area contributed by atoms with Gasteiger partial charge in [0.25, 0.3) is 10.1 Å². The summed E-state index contributed by atoms with van der Waals surface area (Å²) in [6.07, 6.45) is 3.18. The number of aryl methyl sites for hydroxylation is 1. The summed E-state index contributed by atoms with van der Waals surface area (Å²) in [6.45, 7) is 4.07. The molecule has 1 aromatic rings. The summed E-state index contributed by atoms with van der Waals surface area (Å²) in [4.78, 5) is 12.2. The van der Waals surface area contributed by atoms with E-state index >= 15 is 0 Å². The Bertz CT molecular complexity index is 688. The molecule has 0 saturated carbocycles. The van der Waals surface area contributed by atoms with Crippen LogP contribution in [-0.2, 0) is 23.8 Å². The first-order chi connectivity index (χ1) is 10.8. The predicted octanol–water partition coefficient (Wildman–Crippen LogP) is 2.70. The summed E-state index contributed by atoms with van der Waals surface area (Å²) >= 11 is 0. The van der Waals surface area contributed by atoms with E-state index < -0.39 is 22.1 Å². The molecule has 2 unspecified atom stereocenters. The van der Waals surface area contributed by atoms with Gasteiger partial charge in [0.15, 0.2) is 0 Å². The molecule has 23 heavy (non-hydrogen) atoms. The molecule has 0 spiro atoms. The molecule has 5 nitrogen and oxygen atoms in total. The lowest BCUT2D eigenvalue weighted by Gasteiger charge is -2.27. The monoisotopic (exact) mass is 338 g/mol. The maximum absolute atomic E-state index is 12.2. The van der Waals surface area contributed by atoms with Crippen molar-refractivity contribution < 1.29 is 22.1 Å². The van der Waals surface area contributed by atoms with Gasteiger partial charge < -0.3 is 4.74 Å². The Morgan fingerprint density at radius 1 is 1.22 bits per heavy atom. The van der Waals surface area contributed by atoms with Gasteiger partial charge in [0, 0.05) is 0 Å². The topological polar surface area (TPSA) is 69.7 Å². The van der Waals surface area contributed by atoms with E-state index in [0.29, 0.717) is 19.4 Å². The van der Waals surface area contributed by atoms with Gasteiger partial charge in [0.2, 0.25) is 0 Å². The molecule has 0 saturated heterocycles. The zero-order chi connectivity index (χ0) is 17.0. The van der Waals surface area contributed by atoms with Crippen LogP contribution in [0.5, 0.6) is 0 Å². The van der Waals surface area contributed by atoms with Crippen LogP contribution < -0.4 is 0 Å². The van der Waals surface area contributed by atoms with E-state index in [0.717, 1.165) is 23.0 Å². The molecule has 0 fully saturated rings. The van der Waals surface area contributed by atoms with Gasteiger partial charge in [-0.25, -0.2) is 0 Å². The van der Waals surface area contributed by atoms with Gasteiger partial charge in [0.05, 0.1) is 24.9 Å². The zero-order valence-electron chi connectivity index (χ0n) is 13.6. The number of ether oxygens (including phenoxy) is 1. The molecule has 1 aliphatic rings. The van der Waals surface area contributed by atoms with Crippen LogP contribution >= 0.6 is 0 Å². The summed E-state index contributed by atoms with van der Waals surface area (Å²) in [7, 11) is -3.54. The molecule has 2 rings (SSSR count). The van der Waals surface area contributed by atoms with Crippen LogP contribution in [0.1, 0.15) is 30.9 Å². The number of benzene rings is 1. The number of rotatable bonds is 5. The SMILES string of the molecule is CCOC(=O)C1CCC(OS(C)(=O)=O)C=C1c1ccc(C)cc1. The van der Waals surface area contributed by atoms with Gasteiger partial charge in [-0.15, -0.1) is 0 Å². The van der Waals surface area contributed by atoms with Crippen LogP contribution in [0.25, 0.3) is 5.57 Å². The minimum atomic E-state index is -3.54. The summed E-state index contributed by atoms with van der Waals surface area (Å²) in [5, 5.41) is 0. The van der Waals surface area contributed by atoms with Crippen LogP contribution in [0, 0.1) is 12.8 Å². The molecule has 0 amide bonds. The van der Waals surface area contributed by atoms with Crippen LogP contribution in [0.2, 0.25) is 0 Å². The first-order valence-corrected chi connectivity index (χ1v) is 9.45. The minimum Gasteiger partial charge on any atom is -0.466 e. The van der Waals surface area contributed by atoms with E-state index in [2.05, 4.69) is 0 Å². The highest BCUT2D eigenvalue weighted by atomic mass is 32.2. The molecule has 1 aromatic carbocycles. The van der Waals surface area contributed by atoms with Crippen molar-refractivity contribution in [2.45, 2.75) is 32.8 Å². The van der Waals surface area contributed by atoms with E-state index in [1.54, 1.807) is 13.0 Å². The first-order valence-electron chi connectivity index (χ1n) is 7.64. The lowest BCUT2D eigenvalue weighted by molar-refractivity contribution is -0.146. The van der Waals surface area contributed by atoms with Gasteiger partial charge in [-0.05, 0) is 43.9 Å². The highest BCUT2D eigenvalue weighted by Crippen LogP contribution is 2.35. The Labute approximate surface area is 137 Å². The van der Waals surface area contributed by atoms with E-state index in [1.807, 2.05) is 31.2 Å². The van der Waals surface area contributed by atoms with Gasteiger partial charge >= 0.3 is 5.97 Å². The van der Waals surface area contributed by atoms with Crippen molar-refractivity contribution in [1.29, 1.82) is 0 Å². The van der Waals surface area contributed by atoms with Crippen molar-refractivity contribution >= 4 is 21.7 Å². The van der Waals surface area contributed by atoms with E-state index in [-0.39, 0.29) is 5.97 Å². The van der Waals surface area contributed by atoms with Gasteiger partial charge in [-0.3, -0.25) is 8.98 Å². The third-order valence-corrected chi connectivity index (χ3v) is 4.33. The van der Waals surface area contributed by atoms with Crippen molar-refractivity contribution in [3.63, 3.8) is 0 Å². The molecule has 2 atom stereocenters. The molecule has 0 aliphatic heterocycles. The highest BCUT2D eigenvalue weighted by Gasteiger charge is 2.32. The first kappa shape index (κ1) is 17.7. The van der Waals surface area contributed by atoms with Crippen LogP contribution in [0.3, 0.4) is 0 Å². The summed E-state index contributed by atoms with van der Waals surface area (Å²) < 4.78 is 33.0. The second kappa shape index (κ2) is 7.27. The van der Waals surface area contributed by atoms with Crippen molar-refractivity contribution in [3.05, 3.63) is 41.5 Å². The lowest BCUT2D eigenvalue weighted by Crippen LogP contribution is -2.27. The molecule has 6 heteroatoms. The molecule has 0 bridgehead atoms. The summed E-state index contributed by atoms with van der Waals surface area (Å²) in [5.74, 6) is -0.672. The van der Waals surface area contributed by atoms with E-state index in [4.69, 9.17) is 8.92 Å². The average Bonchev–Trinajstić information content (AvgIpc) is 2.46. The molecular formula is C17H22O5S. The second-order valence-corrected chi connectivity index (χ2v) is 7.31. The van der Waals surface area contributed by atoms with Crippen molar-refractivity contribution in [1.82, 2.24) is 0 Å². The Morgan fingerprint density at radius 2 is 1.87 bits per heavy atom. The van der Waals surface area contributed by atoms with Crippen LogP contribution in [-0.4, -0.2) is 33.4 Å². The van der Waals surface area contributed by atoms with Crippen LogP contribution in [0.15, 0.2) is 30.3 Å². The Morgan fingerprint density at radius 3 is 2.43 bits per heavy atom. The predicted molar refractivity (Wildman–Crippen MR) is 88.2 cm³/mol. The Balaban J connectivity index is 2.36. The minimum absolute atomic E-state index is 0.280. The number of hydrogen-bond acceptors (Lipinski definition) is 5. The zero-order valence-corrected chi connectivity index (χ0v) is 14.4. The summed E-state index contributed by atoms with van der Waals surface area (Å²) in [5.41, 5.74) is 2.76. The molecular weight excluding hydrogens is 316 g/mol. The smallest absolute Gasteiger partial charge is 0.313 e. The Kier molecular flexibility index (Phi) is 5.59. The number of hydrogen-bond donors (Lipinski definition) is 0. The largest absolute Gasteiger partial charge is 0.466 e. The number of esters is 1. The Hall–Kier alpha value is -1.66. The third kappa shape index (κ3) is 4.91.